The quantitative estimate of drug-likeness (QED) is 0.795. The van der Waals surface area contributed by atoms with Gasteiger partial charge in [-0.15, -0.1) is 0 Å². The number of hydrogen-bond donors (Lipinski definition) is 3. The summed E-state index contributed by atoms with van der Waals surface area (Å²) in [6.45, 7) is 5.44. The lowest BCUT2D eigenvalue weighted by Crippen LogP contribution is -2.44. The Bertz CT molecular complexity index is 548. The first-order valence-electron chi connectivity index (χ1n) is 7.35. The van der Waals surface area contributed by atoms with Crippen molar-refractivity contribution in [3.63, 3.8) is 0 Å². The van der Waals surface area contributed by atoms with Gasteiger partial charge in [-0.05, 0) is 57.0 Å². The number of anilines is 1. The number of amides is 1. The maximum Gasteiger partial charge on any atom is 0.336 e. The van der Waals surface area contributed by atoms with E-state index in [2.05, 4.69) is 10.6 Å². The van der Waals surface area contributed by atoms with Crippen molar-refractivity contribution in [1.29, 1.82) is 0 Å². The molecule has 5 heteroatoms. The number of benzene rings is 1. The first-order chi connectivity index (χ1) is 10.00. The highest BCUT2D eigenvalue weighted by Crippen LogP contribution is 2.34. The molecule has 1 fully saturated rings. The molecule has 0 radical (unpaired) electrons. The van der Waals surface area contributed by atoms with Crippen molar-refractivity contribution in [2.75, 3.05) is 18.4 Å². The highest BCUT2D eigenvalue weighted by molar-refractivity contribution is 5.98. The van der Waals surface area contributed by atoms with Crippen molar-refractivity contribution in [1.82, 2.24) is 5.32 Å². The zero-order chi connectivity index (χ0) is 15.5. The van der Waals surface area contributed by atoms with E-state index in [-0.39, 0.29) is 16.9 Å². The van der Waals surface area contributed by atoms with Crippen LogP contribution < -0.4 is 10.6 Å². The number of aromatic carboxylic acids is 1. The Labute approximate surface area is 124 Å². The Balaban J connectivity index is 2.23. The monoisotopic (exact) mass is 290 g/mol. The van der Waals surface area contributed by atoms with E-state index in [0.29, 0.717) is 11.3 Å². The van der Waals surface area contributed by atoms with Gasteiger partial charge in [-0.3, -0.25) is 4.79 Å². The fourth-order valence-electron chi connectivity index (χ4n) is 2.90. The third-order valence-electron chi connectivity index (χ3n) is 4.53. The second-order valence-corrected chi connectivity index (χ2v) is 5.62. The zero-order valence-electron chi connectivity index (χ0n) is 12.5. The van der Waals surface area contributed by atoms with Crippen molar-refractivity contribution in [3.8, 4) is 0 Å². The minimum Gasteiger partial charge on any atom is -0.478 e. The summed E-state index contributed by atoms with van der Waals surface area (Å²) in [6, 6.07) is 4.96. The number of nitrogens with one attached hydrogen (secondary N) is 2. The molecular formula is C16H22N2O3. The highest BCUT2D eigenvalue weighted by Gasteiger charge is 2.37. The predicted molar refractivity (Wildman–Crippen MR) is 81.6 cm³/mol. The molecule has 1 aromatic rings. The number of carbonyl (C=O) groups excluding carboxylic acids is 1. The summed E-state index contributed by atoms with van der Waals surface area (Å²) in [5.74, 6) is -0.979. The molecule has 0 aromatic heterocycles. The summed E-state index contributed by atoms with van der Waals surface area (Å²) in [6.07, 6.45) is 2.41. The van der Waals surface area contributed by atoms with Crippen LogP contribution in [0.3, 0.4) is 0 Å². The molecule has 0 saturated carbocycles. The van der Waals surface area contributed by atoms with Crippen LogP contribution in [0.5, 0.6) is 0 Å². The minimum absolute atomic E-state index is 0.00265. The van der Waals surface area contributed by atoms with E-state index < -0.39 is 5.97 Å². The van der Waals surface area contributed by atoms with E-state index >= 15 is 0 Å². The topological polar surface area (TPSA) is 78.4 Å². The van der Waals surface area contributed by atoms with Crippen molar-refractivity contribution < 1.29 is 14.7 Å². The lowest BCUT2D eigenvalue weighted by molar-refractivity contribution is -0.127. The number of carboxylic acid groups (broad SMARTS) is 1. The molecule has 114 valence electrons. The molecule has 0 unspecified atom stereocenters. The molecule has 1 amide bonds. The summed E-state index contributed by atoms with van der Waals surface area (Å²) in [5.41, 5.74) is 1.06. The molecule has 21 heavy (non-hydrogen) atoms. The molecule has 0 spiro atoms. The molecule has 1 aromatic carbocycles. The van der Waals surface area contributed by atoms with Crippen molar-refractivity contribution >= 4 is 17.6 Å². The molecule has 3 N–H and O–H groups in total. The van der Waals surface area contributed by atoms with E-state index in [9.17, 15) is 9.59 Å². The summed E-state index contributed by atoms with van der Waals surface area (Å²) >= 11 is 0. The average Bonchev–Trinajstić information content (AvgIpc) is 2.49. The van der Waals surface area contributed by atoms with E-state index in [0.717, 1.165) is 32.4 Å². The van der Waals surface area contributed by atoms with Gasteiger partial charge in [0.2, 0.25) is 5.91 Å². The van der Waals surface area contributed by atoms with Crippen LogP contribution in [-0.4, -0.2) is 30.1 Å². The van der Waals surface area contributed by atoms with Gasteiger partial charge >= 0.3 is 5.97 Å². The Hall–Kier alpha value is -1.88. The van der Waals surface area contributed by atoms with Gasteiger partial charge in [0, 0.05) is 5.69 Å². The van der Waals surface area contributed by atoms with Gasteiger partial charge in [-0.1, -0.05) is 13.0 Å². The number of carboxylic acids is 1. The summed E-state index contributed by atoms with van der Waals surface area (Å²) in [4.78, 5) is 23.8. The van der Waals surface area contributed by atoms with Crippen LogP contribution in [0, 0.1) is 12.3 Å². The Morgan fingerprint density at radius 3 is 2.57 bits per heavy atom. The van der Waals surface area contributed by atoms with Crippen molar-refractivity contribution in [2.24, 2.45) is 5.41 Å². The van der Waals surface area contributed by atoms with Crippen LogP contribution >= 0.6 is 0 Å². The second kappa shape index (κ2) is 6.26. The van der Waals surface area contributed by atoms with Crippen LogP contribution in [-0.2, 0) is 4.79 Å². The highest BCUT2D eigenvalue weighted by atomic mass is 16.4. The average molecular weight is 290 g/mol. The molecule has 5 nitrogen and oxygen atoms in total. The van der Waals surface area contributed by atoms with Crippen LogP contribution in [0.15, 0.2) is 18.2 Å². The third kappa shape index (κ3) is 3.08. The van der Waals surface area contributed by atoms with Gasteiger partial charge in [0.05, 0.1) is 11.0 Å². The molecule has 0 bridgehead atoms. The van der Waals surface area contributed by atoms with Crippen molar-refractivity contribution in [3.05, 3.63) is 29.3 Å². The van der Waals surface area contributed by atoms with Gasteiger partial charge in [-0.25, -0.2) is 4.79 Å². The summed E-state index contributed by atoms with van der Waals surface area (Å²) in [7, 11) is 0. The van der Waals surface area contributed by atoms with Crippen LogP contribution in [0.25, 0.3) is 0 Å². The fourth-order valence-corrected chi connectivity index (χ4v) is 2.90. The first kappa shape index (κ1) is 15.5. The smallest absolute Gasteiger partial charge is 0.336 e. The Morgan fingerprint density at radius 2 is 2.00 bits per heavy atom. The zero-order valence-corrected chi connectivity index (χ0v) is 12.5. The number of hydrogen-bond acceptors (Lipinski definition) is 3. The third-order valence-corrected chi connectivity index (χ3v) is 4.53. The molecular weight excluding hydrogens is 268 g/mol. The largest absolute Gasteiger partial charge is 0.478 e. The maximum atomic E-state index is 12.7. The lowest BCUT2D eigenvalue weighted by atomic mass is 9.76. The molecule has 1 aliphatic heterocycles. The molecule has 2 rings (SSSR count). The predicted octanol–water partition coefficient (Wildman–Crippen LogP) is 2.41. The molecule has 1 heterocycles. The molecule has 1 aliphatic rings. The van der Waals surface area contributed by atoms with E-state index in [1.807, 2.05) is 6.92 Å². The maximum absolute atomic E-state index is 12.7. The Kier molecular flexibility index (Phi) is 4.63. The first-order valence-corrected chi connectivity index (χ1v) is 7.35. The minimum atomic E-state index is -0.976. The standard InChI is InChI=1S/C16H22N2O3/c1-3-16(7-9-17-10-8-16)15(21)18-13-6-4-5-12(11(13)2)14(19)20/h4-6,17H,3,7-10H2,1-2H3,(H,18,21)(H,19,20). The van der Waals surface area contributed by atoms with Gasteiger partial charge in [0.25, 0.3) is 0 Å². The summed E-state index contributed by atoms with van der Waals surface area (Å²) in [5, 5.41) is 15.4. The van der Waals surface area contributed by atoms with Crippen LogP contribution in [0.1, 0.15) is 42.1 Å². The van der Waals surface area contributed by atoms with Gasteiger partial charge in [0.15, 0.2) is 0 Å². The SMILES string of the molecule is CCC1(C(=O)Nc2cccc(C(=O)O)c2C)CCNCC1. The number of piperidine rings is 1. The van der Waals surface area contributed by atoms with Gasteiger partial charge in [-0.2, -0.15) is 0 Å². The lowest BCUT2D eigenvalue weighted by Gasteiger charge is -2.35. The number of carbonyl (C=O) groups is 2. The van der Waals surface area contributed by atoms with Crippen LogP contribution in [0.2, 0.25) is 0 Å². The van der Waals surface area contributed by atoms with E-state index in [1.165, 1.54) is 0 Å². The number of rotatable bonds is 4. The summed E-state index contributed by atoms with van der Waals surface area (Å²) < 4.78 is 0. The molecule has 0 aliphatic carbocycles. The van der Waals surface area contributed by atoms with Gasteiger partial charge in [0.1, 0.15) is 0 Å². The normalized spacial score (nSPS) is 17.2. The molecule has 1 saturated heterocycles. The second-order valence-electron chi connectivity index (χ2n) is 5.62. The van der Waals surface area contributed by atoms with Crippen molar-refractivity contribution in [2.45, 2.75) is 33.1 Å². The van der Waals surface area contributed by atoms with Gasteiger partial charge < -0.3 is 15.7 Å². The van der Waals surface area contributed by atoms with E-state index in [4.69, 9.17) is 5.11 Å². The van der Waals surface area contributed by atoms with E-state index in [1.54, 1.807) is 25.1 Å². The Morgan fingerprint density at radius 1 is 1.33 bits per heavy atom. The molecule has 0 atom stereocenters. The van der Waals surface area contributed by atoms with Crippen LogP contribution in [0.4, 0.5) is 5.69 Å². The fraction of sp³-hybridized carbons (Fsp3) is 0.500.